The number of carboxylic acid groups (broad SMARTS) is 1. The fourth-order valence-electron chi connectivity index (χ4n) is 0.804. The molecule has 0 rings (SSSR count). The van der Waals surface area contributed by atoms with Gasteiger partial charge in [-0.15, -0.1) is 0 Å². The summed E-state index contributed by atoms with van der Waals surface area (Å²) < 4.78 is 4.31. The summed E-state index contributed by atoms with van der Waals surface area (Å²) in [7, 11) is 0. The van der Waals surface area contributed by atoms with Crippen LogP contribution in [-0.4, -0.2) is 35.7 Å². The minimum atomic E-state index is -1.50. The van der Waals surface area contributed by atoms with E-state index in [4.69, 9.17) is 5.11 Å². The molecule has 0 saturated carbocycles. The van der Waals surface area contributed by atoms with Crippen LogP contribution in [0.2, 0.25) is 0 Å². The van der Waals surface area contributed by atoms with E-state index in [2.05, 4.69) is 11.3 Å². The van der Waals surface area contributed by atoms with Gasteiger partial charge in [-0.25, -0.2) is 0 Å². The van der Waals surface area contributed by atoms with E-state index in [1.165, 1.54) is 0 Å². The van der Waals surface area contributed by atoms with Crippen molar-refractivity contribution < 1.29 is 29.0 Å². The molecule has 15 heavy (non-hydrogen) atoms. The van der Waals surface area contributed by atoms with Crippen LogP contribution in [0.15, 0.2) is 12.7 Å². The van der Waals surface area contributed by atoms with Crippen molar-refractivity contribution in [1.82, 2.24) is 0 Å². The number of ether oxygens (including phenoxy) is 1. The number of aliphatic carboxylic acids is 1. The van der Waals surface area contributed by atoms with Crippen molar-refractivity contribution in [2.75, 3.05) is 6.61 Å². The van der Waals surface area contributed by atoms with E-state index in [9.17, 15) is 19.2 Å². The Labute approximate surface area is 85.5 Å². The number of carboxylic acids is 1. The minimum absolute atomic E-state index is 0.350. The van der Waals surface area contributed by atoms with Crippen molar-refractivity contribution in [3.8, 4) is 0 Å². The average molecular weight is 214 g/mol. The summed E-state index contributed by atoms with van der Waals surface area (Å²) in [6.45, 7) is 2.66. The second kappa shape index (κ2) is 6.47. The predicted octanol–water partition coefficient (Wildman–Crippen LogP) is -0.426. The Balaban J connectivity index is 4.35. The first kappa shape index (κ1) is 13.0. The zero-order valence-corrected chi connectivity index (χ0v) is 7.84. The fraction of sp³-hybridized carbons (Fsp3) is 0.333. The number of carbonyl (C=O) groups excluding carboxylic acids is 3. The molecule has 1 N–H and O–H groups in total. The first-order valence-electron chi connectivity index (χ1n) is 4.01. The van der Waals surface area contributed by atoms with Crippen molar-refractivity contribution in [2.45, 2.75) is 6.42 Å². The van der Waals surface area contributed by atoms with Gasteiger partial charge in [0.25, 0.3) is 0 Å². The summed E-state index contributed by atoms with van der Waals surface area (Å²) in [5.74, 6) is -4.61. The highest BCUT2D eigenvalue weighted by Gasteiger charge is 2.27. The molecule has 0 bridgehead atoms. The normalized spacial score (nSPS) is 11.2. The molecule has 0 saturated heterocycles. The minimum Gasteiger partial charge on any atom is -0.481 e. The smallest absolute Gasteiger partial charge is 0.315 e. The number of hydrogen-bond acceptors (Lipinski definition) is 5. The summed E-state index contributed by atoms with van der Waals surface area (Å²) >= 11 is 0. The highest BCUT2D eigenvalue weighted by Crippen LogP contribution is 2.07. The van der Waals surface area contributed by atoms with Gasteiger partial charge in [0.15, 0.2) is 12.1 Å². The van der Waals surface area contributed by atoms with Crippen LogP contribution in [0.4, 0.5) is 0 Å². The Morgan fingerprint density at radius 1 is 1.40 bits per heavy atom. The molecule has 0 heterocycles. The van der Waals surface area contributed by atoms with Crippen LogP contribution in [0, 0.1) is 5.92 Å². The summed E-state index contributed by atoms with van der Waals surface area (Å²) in [6, 6.07) is 0. The molecule has 0 aromatic carbocycles. The van der Waals surface area contributed by atoms with Gasteiger partial charge >= 0.3 is 11.9 Å². The Bertz CT molecular complexity index is 293. The van der Waals surface area contributed by atoms with Gasteiger partial charge in [-0.05, 0) is 6.08 Å². The molecule has 1 atom stereocenters. The van der Waals surface area contributed by atoms with E-state index in [1.807, 2.05) is 0 Å². The monoisotopic (exact) mass is 214 g/mol. The van der Waals surface area contributed by atoms with Crippen LogP contribution in [0.5, 0.6) is 0 Å². The van der Waals surface area contributed by atoms with E-state index in [1.54, 1.807) is 0 Å². The number of carbonyl (C=O) groups is 4. The van der Waals surface area contributed by atoms with Gasteiger partial charge in [0, 0.05) is 0 Å². The first-order chi connectivity index (χ1) is 7.02. The quantitative estimate of drug-likeness (QED) is 0.267. The highest BCUT2D eigenvalue weighted by atomic mass is 16.5. The van der Waals surface area contributed by atoms with Crippen LogP contribution in [-0.2, 0) is 23.9 Å². The van der Waals surface area contributed by atoms with Gasteiger partial charge in [0.05, 0.1) is 6.42 Å². The molecule has 0 radical (unpaired) electrons. The molecule has 0 aromatic heterocycles. The largest absolute Gasteiger partial charge is 0.481 e. The molecule has 0 aliphatic rings. The SMILES string of the molecule is C=CC(=O)C(CC(=O)OCC=O)C(=O)O. The van der Waals surface area contributed by atoms with E-state index < -0.39 is 36.7 Å². The van der Waals surface area contributed by atoms with Crippen LogP contribution < -0.4 is 0 Å². The maximum Gasteiger partial charge on any atom is 0.315 e. The van der Waals surface area contributed by atoms with Crippen LogP contribution in [0.3, 0.4) is 0 Å². The lowest BCUT2D eigenvalue weighted by molar-refractivity contribution is -0.154. The summed E-state index contributed by atoms with van der Waals surface area (Å²) in [5, 5.41) is 8.60. The Hall–Kier alpha value is -1.98. The van der Waals surface area contributed by atoms with Crippen molar-refractivity contribution in [3.05, 3.63) is 12.7 Å². The molecule has 6 nitrogen and oxygen atoms in total. The van der Waals surface area contributed by atoms with Crippen LogP contribution in [0.25, 0.3) is 0 Å². The third-order valence-electron chi connectivity index (χ3n) is 1.53. The van der Waals surface area contributed by atoms with Crippen LogP contribution >= 0.6 is 0 Å². The third kappa shape index (κ3) is 4.70. The lowest BCUT2D eigenvalue weighted by atomic mass is 10.0. The maximum absolute atomic E-state index is 11.0. The van der Waals surface area contributed by atoms with Gasteiger partial charge in [-0.2, -0.15) is 0 Å². The lowest BCUT2D eigenvalue weighted by Gasteiger charge is -2.07. The number of rotatable bonds is 7. The molecule has 82 valence electrons. The lowest BCUT2D eigenvalue weighted by Crippen LogP contribution is -2.26. The first-order valence-corrected chi connectivity index (χ1v) is 4.01. The third-order valence-corrected chi connectivity index (χ3v) is 1.53. The van der Waals surface area contributed by atoms with E-state index in [0.717, 1.165) is 6.08 Å². The number of ketones is 1. The molecule has 0 aliphatic heterocycles. The van der Waals surface area contributed by atoms with E-state index in [-0.39, 0.29) is 0 Å². The summed E-state index contributed by atoms with van der Waals surface area (Å²) in [4.78, 5) is 42.3. The van der Waals surface area contributed by atoms with Gasteiger partial charge in [0.1, 0.15) is 12.5 Å². The van der Waals surface area contributed by atoms with Crippen LogP contribution in [0.1, 0.15) is 6.42 Å². The Morgan fingerprint density at radius 3 is 2.40 bits per heavy atom. The van der Waals surface area contributed by atoms with Gasteiger partial charge < -0.3 is 9.84 Å². The van der Waals surface area contributed by atoms with E-state index >= 15 is 0 Å². The maximum atomic E-state index is 11.0. The van der Waals surface area contributed by atoms with Gasteiger partial charge in [0.2, 0.25) is 0 Å². The van der Waals surface area contributed by atoms with Crippen molar-refractivity contribution in [1.29, 1.82) is 0 Å². The molecule has 0 aromatic rings. The topological polar surface area (TPSA) is 97.7 Å². The second-order valence-electron chi connectivity index (χ2n) is 2.55. The number of esters is 1. The molecule has 0 aliphatic carbocycles. The highest BCUT2D eigenvalue weighted by molar-refractivity contribution is 6.06. The predicted molar refractivity (Wildman–Crippen MR) is 48.0 cm³/mol. The molecule has 0 spiro atoms. The number of hydrogen-bond donors (Lipinski definition) is 1. The second-order valence-corrected chi connectivity index (χ2v) is 2.55. The zero-order valence-electron chi connectivity index (χ0n) is 7.84. The molecule has 0 fully saturated rings. The fourth-order valence-corrected chi connectivity index (χ4v) is 0.804. The molecular weight excluding hydrogens is 204 g/mol. The van der Waals surface area contributed by atoms with Gasteiger partial charge in [-0.1, -0.05) is 6.58 Å². The summed E-state index contributed by atoms with van der Waals surface area (Å²) in [6.07, 6.45) is 0.572. The number of aldehydes is 1. The molecule has 0 amide bonds. The van der Waals surface area contributed by atoms with Crippen molar-refractivity contribution in [3.63, 3.8) is 0 Å². The number of allylic oxidation sites excluding steroid dienone is 1. The Kier molecular flexibility index (Phi) is 5.62. The standard InChI is InChI=1S/C9H10O6/c1-2-7(11)6(9(13)14)5-8(12)15-4-3-10/h2-3,6H,1,4-5H2,(H,13,14). The summed E-state index contributed by atoms with van der Waals surface area (Å²) in [5.41, 5.74) is 0. The van der Waals surface area contributed by atoms with Crippen molar-refractivity contribution in [2.24, 2.45) is 5.92 Å². The zero-order chi connectivity index (χ0) is 11.8. The van der Waals surface area contributed by atoms with Gasteiger partial charge in [-0.3, -0.25) is 19.2 Å². The average Bonchev–Trinajstić information content (AvgIpc) is 2.21. The Morgan fingerprint density at radius 2 is 2.00 bits per heavy atom. The van der Waals surface area contributed by atoms with E-state index in [0.29, 0.717) is 6.29 Å². The molecule has 1 unspecified atom stereocenters. The molecule has 6 heteroatoms. The molecular formula is C9H10O6. The van der Waals surface area contributed by atoms with Crippen molar-refractivity contribution >= 4 is 24.0 Å².